The van der Waals surface area contributed by atoms with Crippen LogP contribution in [-0.2, 0) is 0 Å². The number of aryl methyl sites for hydroxylation is 1. The van der Waals surface area contributed by atoms with Crippen molar-refractivity contribution < 1.29 is 0 Å². The van der Waals surface area contributed by atoms with Gasteiger partial charge in [-0.1, -0.05) is 17.7 Å². The molecule has 19 heavy (non-hydrogen) atoms. The molecule has 0 aliphatic carbocycles. The van der Waals surface area contributed by atoms with Crippen LogP contribution in [0.3, 0.4) is 0 Å². The van der Waals surface area contributed by atoms with Gasteiger partial charge in [-0.05, 0) is 57.7 Å². The number of anilines is 1. The molecule has 0 fully saturated rings. The van der Waals surface area contributed by atoms with Crippen molar-refractivity contribution in [2.45, 2.75) is 13.3 Å². The molecule has 0 aliphatic rings. The fourth-order valence-electron chi connectivity index (χ4n) is 2.08. The molecular weight excluding hydrogens is 258 g/mol. The fourth-order valence-corrected chi connectivity index (χ4v) is 2.24. The zero-order valence-corrected chi connectivity index (χ0v) is 12.5. The highest BCUT2D eigenvalue weighted by atomic mass is 35.5. The Kier molecular flexibility index (Phi) is 4.61. The minimum atomic E-state index is 0.726. The Bertz CT molecular complexity index is 567. The Labute approximate surface area is 119 Å². The van der Waals surface area contributed by atoms with Crippen molar-refractivity contribution in [1.82, 2.24) is 9.88 Å². The molecule has 1 heterocycles. The summed E-state index contributed by atoms with van der Waals surface area (Å²) >= 11 is 6.02. The third-order valence-corrected chi connectivity index (χ3v) is 3.30. The Morgan fingerprint density at radius 1 is 1.26 bits per heavy atom. The number of halogens is 1. The number of hydrogen-bond donors (Lipinski definition) is 1. The van der Waals surface area contributed by atoms with Gasteiger partial charge in [0, 0.05) is 17.0 Å². The number of hydrogen-bond acceptors (Lipinski definition) is 3. The number of nitrogens with zero attached hydrogens (tertiary/aromatic N) is 2. The topological polar surface area (TPSA) is 28.2 Å². The summed E-state index contributed by atoms with van der Waals surface area (Å²) in [5.74, 6) is 0.922. The molecule has 0 radical (unpaired) electrons. The van der Waals surface area contributed by atoms with Crippen LogP contribution in [0.5, 0.6) is 0 Å². The van der Waals surface area contributed by atoms with Crippen LogP contribution < -0.4 is 5.32 Å². The summed E-state index contributed by atoms with van der Waals surface area (Å²) in [5, 5.41) is 5.25. The second kappa shape index (κ2) is 6.22. The van der Waals surface area contributed by atoms with Gasteiger partial charge in [-0.25, -0.2) is 4.98 Å². The van der Waals surface area contributed by atoms with E-state index in [1.165, 1.54) is 5.56 Å². The van der Waals surface area contributed by atoms with Gasteiger partial charge in [0.15, 0.2) is 0 Å². The molecule has 4 heteroatoms. The fraction of sp³-hybridized carbons (Fsp3) is 0.400. The first-order valence-electron chi connectivity index (χ1n) is 6.52. The van der Waals surface area contributed by atoms with Crippen LogP contribution in [0, 0.1) is 6.92 Å². The molecule has 0 saturated carbocycles. The molecule has 0 atom stereocenters. The Hall–Kier alpha value is -1.32. The lowest BCUT2D eigenvalue weighted by Gasteiger charge is -2.11. The Balaban J connectivity index is 2.11. The molecule has 3 nitrogen and oxygen atoms in total. The summed E-state index contributed by atoms with van der Waals surface area (Å²) in [6, 6.07) is 7.93. The van der Waals surface area contributed by atoms with E-state index in [0.717, 1.165) is 41.3 Å². The molecule has 0 aliphatic heterocycles. The lowest BCUT2D eigenvalue weighted by atomic mass is 10.1. The van der Waals surface area contributed by atoms with Crippen molar-refractivity contribution in [3.63, 3.8) is 0 Å². The first-order chi connectivity index (χ1) is 9.06. The second-order valence-corrected chi connectivity index (χ2v) is 5.51. The van der Waals surface area contributed by atoms with Crippen molar-refractivity contribution in [3.05, 3.63) is 34.9 Å². The van der Waals surface area contributed by atoms with Gasteiger partial charge in [0.05, 0.1) is 5.52 Å². The molecule has 0 unspecified atom stereocenters. The first-order valence-corrected chi connectivity index (χ1v) is 6.89. The molecule has 1 N–H and O–H groups in total. The van der Waals surface area contributed by atoms with Crippen LogP contribution in [-0.4, -0.2) is 37.1 Å². The van der Waals surface area contributed by atoms with E-state index < -0.39 is 0 Å². The summed E-state index contributed by atoms with van der Waals surface area (Å²) in [6.07, 6.45) is 1.10. The number of rotatable bonds is 5. The maximum absolute atomic E-state index is 6.02. The van der Waals surface area contributed by atoms with Gasteiger partial charge in [-0.2, -0.15) is 0 Å². The van der Waals surface area contributed by atoms with Crippen LogP contribution in [0.1, 0.15) is 12.0 Å². The summed E-state index contributed by atoms with van der Waals surface area (Å²) in [4.78, 5) is 6.79. The summed E-state index contributed by atoms with van der Waals surface area (Å²) < 4.78 is 0. The largest absolute Gasteiger partial charge is 0.370 e. The van der Waals surface area contributed by atoms with Crippen LogP contribution in [0.2, 0.25) is 5.02 Å². The minimum Gasteiger partial charge on any atom is -0.370 e. The molecule has 0 bridgehead atoms. The van der Waals surface area contributed by atoms with Crippen molar-refractivity contribution in [3.8, 4) is 0 Å². The van der Waals surface area contributed by atoms with Crippen molar-refractivity contribution >= 4 is 28.3 Å². The molecule has 1 aromatic heterocycles. The predicted octanol–water partition coefficient (Wildman–Crippen LogP) is 3.56. The summed E-state index contributed by atoms with van der Waals surface area (Å²) in [5.41, 5.74) is 2.17. The zero-order chi connectivity index (χ0) is 13.8. The van der Waals surface area contributed by atoms with E-state index in [1.54, 1.807) is 0 Å². The van der Waals surface area contributed by atoms with E-state index >= 15 is 0 Å². The van der Waals surface area contributed by atoms with Crippen LogP contribution in [0.15, 0.2) is 24.3 Å². The molecule has 0 spiro atoms. The number of benzene rings is 1. The van der Waals surface area contributed by atoms with Gasteiger partial charge in [-0.3, -0.25) is 0 Å². The van der Waals surface area contributed by atoms with E-state index in [1.807, 2.05) is 18.2 Å². The first kappa shape index (κ1) is 14.1. The number of aromatic nitrogens is 1. The molecular formula is C15H20ClN3. The highest BCUT2D eigenvalue weighted by molar-refractivity contribution is 6.31. The number of fused-ring (bicyclic) bond motifs is 1. The number of nitrogens with one attached hydrogen (secondary N) is 1. The van der Waals surface area contributed by atoms with E-state index in [-0.39, 0.29) is 0 Å². The van der Waals surface area contributed by atoms with E-state index in [0.29, 0.717) is 0 Å². The molecule has 102 valence electrons. The minimum absolute atomic E-state index is 0.726. The van der Waals surface area contributed by atoms with Gasteiger partial charge >= 0.3 is 0 Å². The van der Waals surface area contributed by atoms with Gasteiger partial charge in [-0.15, -0.1) is 0 Å². The quantitative estimate of drug-likeness (QED) is 0.847. The van der Waals surface area contributed by atoms with Crippen molar-refractivity contribution in [2.24, 2.45) is 0 Å². The van der Waals surface area contributed by atoms with Crippen LogP contribution >= 0.6 is 11.6 Å². The molecule has 2 rings (SSSR count). The lowest BCUT2D eigenvalue weighted by molar-refractivity contribution is 0.405. The van der Waals surface area contributed by atoms with Crippen molar-refractivity contribution in [1.29, 1.82) is 0 Å². The van der Waals surface area contributed by atoms with E-state index in [2.05, 4.69) is 42.3 Å². The van der Waals surface area contributed by atoms with Crippen LogP contribution in [0.4, 0.5) is 5.82 Å². The molecule has 1 aromatic carbocycles. The molecule has 0 saturated heterocycles. The molecule has 0 amide bonds. The maximum Gasteiger partial charge on any atom is 0.126 e. The monoisotopic (exact) mass is 277 g/mol. The highest BCUT2D eigenvalue weighted by Gasteiger charge is 2.03. The standard InChI is InChI=1S/C15H20ClN3/c1-11-9-15(17-7-4-8-19(2)3)18-14-10-12(16)5-6-13(11)14/h5-6,9-10H,4,7-8H2,1-3H3,(H,17,18). The van der Waals surface area contributed by atoms with Crippen LogP contribution in [0.25, 0.3) is 10.9 Å². The van der Waals surface area contributed by atoms with Gasteiger partial charge in [0.1, 0.15) is 5.82 Å². The third kappa shape index (κ3) is 3.82. The highest BCUT2D eigenvalue weighted by Crippen LogP contribution is 2.23. The normalized spacial score (nSPS) is 11.2. The third-order valence-electron chi connectivity index (χ3n) is 3.07. The van der Waals surface area contributed by atoms with Crippen molar-refractivity contribution in [2.75, 3.05) is 32.5 Å². The Morgan fingerprint density at radius 3 is 2.79 bits per heavy atom. The zero-order valence-electron chi connectivity index (χ0n) is 11.7. The maximum atomic E-state index is 6.02. The number of pyridine rings is 1. The summed E-state index contributed by atoms with van der Waals surface area (Å²) in [6.45, 7) is 4.10. The lowest BCUT2D eigenvalue weighted by Crippen LogP contribution is -2.16. The van der Waals surface area contributed by atoms with Gasteiger partial charge in [0.25, 0.3) is 0 Å². The SMILES string of the molecule is Cc1cc(NCCCN(C)C)nc2cc(Cl)ccc12. The smallest absolute Gasteiger partial charge is 0.126 e. The Morgan fingerprint density at radius 2 is 2.05 bits per heavy atom. The second-order valence-electron chi connectivity index (χ2n) is 5.07. The van der Waals surface area contributed by atoms with E-state index in [9.17, 15) is 0 Å². The summed E-state index contributed by atoms with van der Waals surface area (Å²) in [7, 11) is 4.17. The predicted molar refractivity (Wildman–Crippen MR) is 83.2 cm³/mol. The average Bonchev–Trinajstić information content (AvgIpc) is 2.34. The van der Waals surface area contributed by atoms with Gasteiger partial charge < -0.3 is 10.2 Å². The molecule has 2 aromatic rings. The van der Waals surface area contributed by atoms with E-state index in [4.69, 9.17) is 11.6 Å². The van der Waals surface area contributed by atoms with Gasteiger partial charge in [0.2, 0.25) is 0 Å². The average molecular weight is 278 g/mol.